The molecule has 4 aromatic rings. The van der Waals surface area contributed by atoms with Gasteiger partial charge in [-0.15, -0.1) is 0 Å². The summed E-state index contributed by atoms with van der Waals surface area (Å²) in [6.45, 7) is 7.30. The van der Waals surface area contributed by atoms with Crippen LogP contribution in [0.5, 0.6) is 0 Å². The summed E-state index contributed by atoms with van der Waals surface area (Å²) in [5.41, 5.74) is 0.980. The summed E-state index contributed by atoms with van der Waals surface area (Å²) in [5, 5.41) is 14.7. The summed E-state index contributed by atoms with van der Waals surface area (Å²) in [6.07, 6.45) is 3.66. The third-order valence-electron chi connectivity index (χ3n) is 5.40. The van der Waals surface area contributed by atoms with Crippen LogP contribution in [0.25, 0.3) is 32.7 Å². The van der Waals surface area contributed by atoms with Crippen LogP contribution >= 0.6 is 0 Å². The van der Waals surface area contributed by atoms with Crippen LogP contribution in [-0.4, -0.2) is 28.8 Å². The zero-order valence-electron chi connectivity index (χ0n) is 15.5. The van der Waals surface area contributed by atoms with Gasteiger partial charge < -0.3 is 14.2 Å². The maximum absolute atomic E-state index is 10.4. The van der Waals surface area contributed by atoms with E-state index in [1.54, 1.807) is 20.0 Å². The van der Waals surface area contributed by atoms with E-state index < -0.39 is 11.2 Å². The maximum atomic E-state index is 10.4. The molecule has 0 spiro atoms. The van der Waals surface area contributed by atoms with E-state index in [0.29, 0.717) is 7.48 Å². The van der Waals surface area contributed by atoms with Crippen molar-refractivity contribution >= 4 is 45.7 Å². The van der Waals surface area contributed by atoms with Crippen LogP contribution in [0.1, 0.15) is 27.7 Å². The number of nitrogens with zero attached hydrogens (tertiary/aromatic N) is 1. The van der Waals surface area contributed by atoms with Gasteiger partial charge in [0, 0.05) is 28.6 Å². The minimum absolute atomic E-state index is 0.345. The minimum Gasteiger partial charge on any atom is -0.457 e. The third-order valence-corrected chi connectivity index (χ3v) is 5.40. The monoisotopic (exact) mass is 347 g/mol. The van der Waals surface area contributed by atoms with Gasteiger partial charge in [0.25, 0.3) is 0 Å². The average Bonchev–Trinajstić information content (AvgIpc) is 2.98. The normalized spacial score (nSPS) is 13.0. The SMILES string of the molecule is CC(C)(O)C(C)(C)OBc1cc2cnccc2c2c1oc1ccccc12. The topological polar surface area (TPSA) is 55.5 Å². The van der Waals surface area contributed by atoms with Gasteiger partial charge in [-0.25, -0.2) is 0 Å². The van der Waals surface area contributed by atoms with Crippen LogP contribution in [0, 0.1) is 0 Å². The van der Waals surface area contributed by atoms with Crippen molar-refractivity contribution in [3.05, 3.63) is 48.8 Å². The van der Waals surface area contributed by atoms with Crippen molar-refractivity contribution in [2.45, 2.75) is 38.9 Å². The molecule has 1 N–H and O–H groups in total. The van der Waals surface area contributed by atoms with E-state index in [-0.39, 0.29) is 0 Å². The zero-order chi connectivity index (χ0) is 18.5. The molecule has 0 aliphatic heterocycles. The van der Waals surface area contributed by atoms with Gasteiger partial charge in [-0.1, -0.05) is 24.3 Å². The van der Waals surface area contributed by atoms with E-state index in [4.69, 9.17) is 9.07 Å². The number of aromatic nitrogens is 1. The molecule has 26 heavy (non-hydrogen) atoms. The fourth-order valence-electron chi connectivity index (χ4n) is 3.08. The number of para-hydroxylation sites is 1. The van der Waals surface area contributed by atoms with E-state index in [1.807, 2.05) is 44.3 Å². The summed E-state index contributed by atoms with van der Waals surface area (Å²) in [6, 6.07) is 12.1. The van der Waals surface area contributed by atoms with Crippen molar-refractivity contribution in [1.82, 2.24) is 4.98 Å². The molecular weight excluding hydrogens is 325 g/mol. The molecule has 0 amide bonds. The largest absolute Gasteiger partial charge is 0.457 e. The second-order valence-corrected chi connectivity index (χ2v) is 7.79. The molecule has 2 heterocycles. The van der Waals surface area contributed by atoms with E-state index in [9.17, 15) is 5.11 Å². The average molecular weight is 347 g/mol. The molecule has 0 saturated carbocycles. The summed E-state index contributed by atoms with van der Waals surface area (Å²) in [7, 11) is 0.345. The lowest BCUT2D eigenvalue weighted by atomic mass is 9.81. The Labute approximate surface area is 153 Å². The smallest absolute Gasteiger partial charge is 0.313 e. The molecular formula is C21H22BNO3. The third kappa shape index (κ3) is 2.68. The minimum atomic E-state index is -0.960. The summed E-state index contributed by atoms with van der Waals surface area (Å²) in [4.78, 5) is 4.26. The summed E-state index contributed by atoms with van der Waals surface area (Å²) >= 11 is 0. The quantitative estimate of drug-likeness (QED) is 0.572. The van der Waals surface area contributed by atoms with E-state index >= 15 is 0 Å². The van der Waals surface area contributed by atoms with Crippen LogP contribution in [0.2, 0.25) is 0 Å². The molecule has 4 rings (SSSR count). The van der Waals surface area contributed by atoms with Gasteiger partial charge in [0.15, 0.2) is 0 Å². The number of hydrogen-bond donors (Lipinski definition) is 1. The highest BCUT2D eigenvalue weighted by atomic mass is 16.5. The van der Waals surface area contributed by atoms with Crippen molar-refractivity contribution in [2.24, 2.45) is 0 Å². The lowest BCUT2D eigenvalue weighted by Crippen LogP contribution is -2.49. The van der Waals surface area contributed by atoms with Crippen molar-refractivity contribution in [3.63, 3.8) is 0 Å². The van der Waals surface area contributed by atoms with Gasteiger partial charge in [0.1, 0.15) is 11.2 Å². The first-order valence-corrected chi connectivity index (χ1v) is 8.81. The highest BCUT2D eigenvalue weighted by Crippen LogP contribution is 2.33. The summed E-state index contributed by atoms with van der Waals surface area (Å²) in [5.74, 6) is 0. The second kappa shape index (κ2) is 5.83. The lowest BCUT2D eigenvalue weighted by molar-refractivity contribution is -0.0893. The molecule has 0 saturated heterocycles. The van der Waals surface area contributed by atoms with Crippen molar-refractivity contribution in [2.75, 3.05) is 0 Å². The fraction of sp³-hybridized carbons (Fsp3) is 0.286. The predicted molar refractivity (Wildman–Crippen MR) is 107 cm³/mol. The number of furan rings is 1. The molecule has 0 aliphatic rings. The maximum Gasteiger partial charge on any atom is 0.313 e. The lowest BCUT2D eigenvalue weighted by Gasteiger charge is -2.37. The Hall–Kier alpha value is -2.37. The molecule has 0 bridgehead atoms. The van der Waals surface area contributed by atoms with Crippen LogP contribution < -0.4 is 5.46 Å². The van der Waals surface area contributed by atoms with Crippen LogP contribution in [0.3, 0.4) is 0 Å². The number of aliphatic hydroxyl groups is 1. The molecule has 2 aromatic carbocycles. The Bertz CT molecular complexity index is 1110. The first-order chi connectivity index (χ1) is 12.3. The van der Waals surface area contributed by atoms with Crippen LogP contribution in [-0.2, 0) is 4.65 Å². The van der Waals surface area contributed by atoms with E-state index in [1.165, 1.54) is 0 Å². The Morgan fingerprint density at radius 3 is 2.62 bits per heavy atom. The predicted octanol–water partition coefficient (Wildman–Crippen LogP) is 3.68. The number of rotatable bonds is 4. The second-order valence-electron chi connectivity index (χ2n) is 7.79. The highest BCUT2D eigenvalue weighted by Gasteiger charge is 2.36. The zero-order valence-corrected chi connectivity index (χ0v) is 15.5. The van der Waals surface area contributed by atoms with Gasteiger partial charge in [-0.05, 0) is 50.7 Å². The van der Waals surface area contributed by atoms with Gasteiger partial charge >= 0.3 is 7.48 Å². The molecule has 0 aliphatic carbocycles. The molecule has 0 unspecified atom stereocenters. The number of fused-ring (bicyclic) bond motifs is 5. The standard InChI is InChI=1S/C21H22BNO3/c1-20(2,24)21(3,4)26-22-16-11-13-12-23-10-9-14(13)18-15-7-5-6-8-17(15)25-19(16)18/h5-12,22,24H,1-4H3. The fourth-order valence-corrected chi connectivity index (χ4v) is 3.08. The van der Waals surface area contributed by atoms with Crippen LogP contribution in [0.15, 0.2) is 53.2 Å². The Morgan fingerprint density at radius 2 is 1.85 bits per heavy atom. The van der Waals surface area contributed by atoms with E-state index in [0.717, 1.165) is 38.2 Å². The number of hydrogen-bond acceptors (Lipinski definition) is 4. The first-order valence-electron chi connectivity index (χ1n) is 8.81. The van der Waals surface area contributed by atoms with E-state index in [2.05, 4.69) is 17.1 Å². The summed E-state index contributed by atoms with van der Waals surface area (Å²) < 4.78 is 12.3. The van der Waals surface area contributed by atoms with Crippen molar-refractivity contribution in [3.8, 4) is 0 Å². The highest BCUT2D eigenvalue weighted by molar-refractivity contribution is 6.52. The Morgan fingerprint density at radius 1 is 1.08 bits per heavy atom. The molecule has 4 nitrogen and oxygen atoms in total. The van der Waals surface area contributed by atoms with Crippen LogP contribution in [0.4, 0.5) is 0 Å². The number of pyridine rings is 1. The van der Waals surface area contributed by atoms with Gasteiger partial charge in [-0.3, -0.25) is 4.98 Å². The molecule has 132 valence electrons. The molecule has 0 fully saturated rings. The van der Waals surface area contributed by atoms with Crippen molar-refractivity contribution in [1.29, 1.82) is 0 Å². The number of benzene rings is 2. The van der Waals surface area contributed by atoms with Gasteiger partial charge in [0.05, 0.1) is 11.2 Å². The Balaban J connectivity index is 1.91. The molecule has 0 radical (unpaired) electrons. The Kier molecular flexibility index (Phi) is 3.83. The van der Waals surface area contributed by atoms with Gasteiger partial charge in [-0.2, -0.15) is 0 Å². The molecule has 0 atom stereocenters. The van der Waals surface area contributed by atoms with Gasteiger partial charge in [0.2, 0.25) is 0 Å². The molecule has 5 heteroatoms. The van der Waals surface area contributed by atoms with Crippen molar-refractivity contribution < 1.29 is 14.2 Å². The first kappa shape index (κ1) is 17.1. The molecule has 2 aromatic heterocycles.